The number of amides is 1. The lowest BCUT2D eigenvalue weighted by Gasteiger charge is -2.31. The fourth-order valence-electron chi connectivity index (χ4n) is 3.91. The smallest absolute Gasteiger partial charge is 0.230 e. The molecule has 0 N–H and O–H groups in total. The van der Waals surface area contributed by atoms with Crippen LogP contribution in [0.1, 0.15) is 59.8 Å². The molecule has 1 aliphatic carbocycles. The fraction of sp³-hybridized carbons (Fsp3) is 0.789. The summed E-state index contributed by atoms with van der Waals surface area (Å²) in [6, 6.07) is 0. The normalized spacial score (nSPS) is 29.7. The molecule has 1 atom stereocenters. The highest BCUT2D eigenvalue weighted by Gasteiger charge is 2.38. The van der Waals surface area contributed by atoms with Crippen molar-refractivity contribution in [2.45, 2.75) is 59.8 Å². The fourth-order valence-corrected chi connectivity index (χ4v) is 3.91. The van der Waals surface area contributed by atoms with Crippen molar-refractivity contribution < 1.29 is 9.59 Å². The van der Waals surface area contributed by atoms with Crippen LogP contribution in [-0.4, -0.2) is 23.1 Å². The summed E-state index contributed by atoms with van der Waals surface area (Å²) in [4.78, 5) is 26.5. The number of carbonyl (C=O) groups is 2. The first-order valence-corrected chi connectivity index (χ1v) is 8.84. The molecule has 0 spiro atoms. The van der Waals surface area contributed by atoms with Crippen LogP contribution in [0.15, 0.2) is 12.3 Å². The number of ketones is 1. The van der Waals surface area contributed by atoms with Gasteiger partial charge in [0, 0.05) is 30.0 Å². The van der Waals surface area contributed by atoms with Crippen molar-refractivity contribution in [1.29, 1.82) is 0 Å². The summed E-state index contributed by atoms with van der Waals surface area (Å²) in [6.07, 6.45) is 4.92. The topological polar surface area (TPSA) is 37.4 Å². The van der Waals surface area contributed by atoms with Gasteiger partial charge in [0.2, 0.25) is 5.91 Å². The molecular weight excluding hydrogens is 274 g/mol. The number of Topliss-reactive ketones (excluding diaryl/α,β-unsaturated/α-hetero) is 1. The van der Waals surface area contributed by atoms with Gasteiger partial charge in [-0.25, -0.2) is 0 Å². The van der Waals surface area contributed by atoms with Gasteiger partial charge in [0.1, 0.15) is 5.78 Å². The third-order valence-corrected chi connectivity index (χ3v) is 5.48. The first kappa shape index (κ1) is 17.2. The third-order valence-electron chi connectivity index (χ3n) is 5.48. The van der Waals surface area contributed by atoms with Gasteiger partial charge in [-0.05, 0) is 43.9 Å². The second kappa shape index (κ2) is 6.97. The molecule has 1 amide bonds. The molecule has 1 saturated heterocycles. The Hall–Kier alpha value is -1.12. The van der Waals surface area contributed by atoms with Gasteiger partial charge in [0.05, 0.1) is 0 Å². The van der Waals surface area contributed by atoms with Gasteiger partial charge in [0.15, 0.2) is 0 Å². The van der Waals surface area contributed by atoms with Crippen LogP contribution in [0.3, 0.4) is 0 Å². The van der Waals surface area contributed by atoms with Crippen LogP contribution in [0.2, 0.25) is 0 Å². The van der Waals surface area contributed by atoms with Gasteiger partial charge in [-0.2, -0.15) is 0 Å². The molecule has 0 bridgehead atoms. The molecule has 3 nitrogen and oxygen atoms in total. The summed E-state index contributed by atoms with van der Waals surface area (Å²) in [7, 11) is 0. The van der Waals surface area contributed by atoms with E-state index < -0.39 is 0 Å². The van der Waals surface area contributed by atoms with E-state index in [-0.39, 0.29) is 23.7 Å². The maximum atomic E-state index is 12.5. The highest BCUT2D eigenvalue weighted by Crippen LogP contribution is 2.36. The third kappa shape index (κ3) is 3.61. The number of hydrogen-bond acceptors (Lipinski definition) is 2. The van der Waals surface area contributed by atoms with Crippen molar-refractivity contribution >= 4 is 11.7 Å². The highest BCUT2D eigenvalue weighted by molar-refractivity contribution is 5.84. The molecule has 0 unspecified atom stereocenters. The summed E-state index contributed by atoms with van der Waals surface area (Å²) < 4.78 is 0. The number of allylic oxidation sites excluding steroid dienone is 1. The summed E-state index contributed by atoms with van der Waals surface area (Å²) >= 11 is 0. The Kier molecular flexibility index (Phi) is 5.46. The standard InChI is InChI=1S/C19H31NO2/c1-12(2)17-10-14(5)20(19(17)22)11-15-6-8-16(9-7-15)18(21)13(3)4/h12-13,15-17H,5-11H2,1-4H3/t15?,16?,17-/m0/s1. The molecule has 1 saturated carbocycles. The summed E-state index contributed by atoms with van der Waals surface area (Å²) in [5.74, 6) is 2.11. The highest BCUT2D eigenvalue weighted by atomic mass is 16.2. The Morgan fingerprint density at radius 2 is 1.77 bits per heavy atom. The Morgan fingerprint density at radius 3 is 2.23 bits per heavy atom. The predicted octanol–water partition coefficient (Wildman–Crippen LogP) is 4.04. The first-order valence-electron chi connectivity index (χ1n) is 8.84. The molecule has 22 heavy (non-hydrogen) atoms. The van der Waals surface area contributed by atoms with Crippen molar-refractivity contribution in [3.63, 3.8) is 0 Å². The van der Waals surface area contributed by atoms with E-state index in [0.717, 1.165) is 44.3 Å². The lowest BCUT2D eigenvalue weighted by atomic mass is 9.77. The monoisotopic (exact) mass is 305 g/mol. The Bertz CT molecular complexity index is 444. The van der Waals surface area contributed by atoms with Gasteiger partial charge in [-0.3, -0.25) is 9.59 Å². The molecule has 3 heteroatoms. The van der Waals surface area contributed by atoms with Crippen molar-refractivity contribution in [2.24, 2.45) is 29.6 Å². The Labute approximate surface area is 135 Å². The molecule has 1 aliphatic heterocycles. The molecular formula is C19H31NO2. The molecule has 0 aromatic carbocycles. The summed E-state index contributed by atoms with van der Waals surface area (Å²) in [5, 5.41) is 0. The number of nitrogens with zero attached hydrogens (tertiary/aromatic N) is 1. The van der Waals surface area contributed by atoms with Gasteiger partial charge in [0.25, 0.3) is 0 Å². The minimum atomic E-state index is 0.117. The SMILES string of the molecule is C=C1C[C@@H](C(C)C)C(=O)N1CC1CCC(C(=O)C(C)C)CC1. The lowest BCUT2D eigenvalue weighted by molar-refractivity contribution is -0.132. The minimum Gasteiger partial charge on any atom is -0.316 e. The zero-order valence-electron chi connectivity index (χ0n) is 14.6. The van der Waals surface area contributed by atoms with Crippen LogP contribution in [-0.2, 0) is 9.59 Å². The van der Waals surface area contributed by atoms with Gasteiger partial charge < -0.3 is 4.90 Å². The van der Waals surface area contributed by atoms with Crippen LogP contribution in [0.5, 0.6) is 0 Å². The molecule has 0 radical (unpaired) electrons. The van der Waals surface area contributed by atoms with E-state index in [1.165, 1.54) is 0 Å². The number of likely N-dealkylation sites (tertiary alicyclic amines) is 1. The van der Waals surface area contributed by atoms with Crippen molar-refractivity contribution in [3.8, 4) is 0 Å². The zero-order chi connectivity index (χ0) is 16.4. The summed E-state index contributed by atoms with van der Waals surface area (Å²) in [6.45, 7) is 13.1. The van der Waals surface area contributed by atoms with E-state index in [9.17, 15) is 9.59 Å². The van der Waals surface area contributed by atoms with Crippen LogP contribution in [0, 0.1) is 29.6 Å². The quantitative estimate of drug-likeness (QED) is 0.769. The first-order chi connectivity index (χ1) is 10.3. The maximum Gasteiger partial charge on any atom is 0.230 e. The Balaban J connectivity index is 1.87. The van der Waals surface area contributed by atoms with Crippen LogP contribution in [0.4, 0.5) is 0 Å². The van der Waals surface area contributed by atoms with Gasteiger partial charge >= 0.3 is 0 Å². The van der Waals surface area contributed by atoms with E-state index in [2.05, 4.69) is 20.4 Å². The predicted molar refractivity (Wildman–Crippen MR) is 89.1 cm³/mol. The second-order valence-electron chi connectivity index (χ2n) is 7.84. The van der Waals surface area contributed by atoms with Crippen LogP contribution in [0.25, 0.3) is 0 Å². The van der Waals surface area contributed by atoms with E-state index in [1.807, 2.05) is 18.7 Å². The average Bonchev–Trinajstić information content (AvgIpc) is 2.75. The molecule has 1 heterocycles. The lowest BCUT2D eigenvalue weighted by Crippen LogP contribution is -2.35. The second-order valence-corrected chi connectivity index (χ2v) is 7.84. The number of rotatable bonds is 5. The molecule has 2 fully saturated rings. The maximum absolute atomic E-state index is 12.5. The van der Waals surface area contributed by atoms with E-state index in [4.69, 9.17) is 0 Å². The zero-order valence-corrected chi connectivity index (χ0v) is 14.6. The van der Waals surface area contributed by atoms with E-state index >= 15 is 0 Å². The molecule has 2 rings (SSSR count). The van der Waals surface area contributed by atoms with Gasteiger partial charge in [-0.1, -0.05) is 34.3 Å². The largest absolute Gasteiger partial charge is 0.316 e. The summed E-state index contributed by atoms with van der Waals surface area (Å²) in [5.41, 5.74) is 0.990. The van der Waals surface area contributed by atoms with Crippen molar-refractivity contribution in [2.75, 3.05) is 6.54 Å². The molecule has 124 valence electrons. The molecule has 2 aliphatic rings. The number of carbonyl (C=O) groups excluding carboxylic acids is 2. The minimum absolute atomic E-state index is 0.117. The van der Waals surface area contributed by atoms with Crippen LogP contribution < -0.4 is 0 Å². The van der Waals surface area contributed by atoms with Crippen molar-refractivity contribution in [3.05, 3.63) is 12.3 Å². The van der Waals surface area contributed by atoms with Crippen molar-refractivity contribution in [1.82, 2.24) is 4.90 Å². The average molecular weight is 305 g/mol. The van der Waals surface area contributed by atoms with Crippen LogP contribution >= 0.6 is 0 Å². The number of hydrogen-bond donors (Lipinski definition) is 0. The van der Waals surface area contributed by atoms with E-state index in [0.29, 0.717) is 17.6 Å². The molecule has 0 aromatic rings. The van der Waals surface area contributed by atoms with E-state index in [1.54, 1.807) is 0 Å². The van der Waals surface area contributed by atoms with Gasteiger partial charge in [-0.15, -0.1) is 0 Å². The Morgan fingerprint density at radius 1 is 1.18 bits per heavy atom. The molecule has 0 aromatic heterocycles.